The molecule has 0 radical (unpaired) electrons. The standard InChI is InChI=1S/C16H26N4O/c1-12-11-19(3)8-9-20(12)13(2)16(21)18-15-6-4-14(10-17)5-7-15/h4-7,12-13H,8-11,17H2,1-3H3,(H,18,21). The van der Waals surface area contributed by atoms with E-state index in [1.165, 1.54) is 0 Å². The Hall–Kier alpha value is -1.43. The molecule has 0 saturated carbocycles. The first-order chi connectivity index (χ1) is 10.0. The van der Waals surface area contributed by atoms with E-state index in [4.69, 9.17) is 5.73 Å². The first-order valence-corrected chi connectivity index (χ1v) is 7.55. The fraction of sp³-hybridized carbons (Fsp3) is 0.562. The minimum atomic E-state index is -0.122. The molecule has 1 aliphatic rings. The highest BCUT2D eigenvalue weighted by molar-refractivity contribution is 5.94. The second-order valence-electron chi connectivity index (χ2n) is 5.92. The van der Waals surface area contributed by atoms with Gasteiger partial charge in [-0.1, -0.05) is 12.1 Å². The van der Waals surface area contributed by atoms with Crippen LogP contribution in [-0.4, -0.2) is 54.5 Å². The van der Waals surface area contributed by atoms with E-state index in [0.717, 1.165) is 30.9 Å². The second-order valence-corrected chi connectivity index (χ2v) is 5.92. The number of piperazine rings is 1. The summed E-state index contributed by atoms with van der Waals surface area (Å²) in [5.74, 6) is 0.0481. The molecule has 116 valence electrons. The van der Waals surface area contributed by atoms with Crippen molar-refractivity contribution in [3.8, 4) is 0 Å². The SMILES string of the molecule is CC1CN(C)CCN1C(C)C(=O)Nc1ccc(CN)cc1. The third-order valence-electron chi connectivity index (χ3n) is 4.22. The lowest BCUT2D eigenvalue weighted by Crippen LogP contribution is -2.56. The molecule has 0 aromatic heterocycles. The lowest BCUT2D eigenvalue weighted by atomic mass is 10.1. The summed E-state index contributed by atoms with van der Waals surface area (Å²) in [5, 5.41) is 2.99. The fourth-order valence-electron chi connectivity index (χ4n) is 2.85. The maximum atomic E-state index is 12.4. The highest BCUT2D eigenvalue weighted by atomic mass is 16.2. The molecular formula is C16H26N4O. The van der Waals surface area contributed by atoms with E-state index in [1.54, 1.807) is 0 Å². The van der Waals surface area contributed by atoms with Gasteiger partial charge in [-0.3, -0.25) is 9.69 Å². The van der Waals surface area contributed by atoms with Crippen molar-refractivity contribution < 1.29 is 4.79 Å². The molecule has 21 heavy (non-hydrogen) atoms. The zero-order chi connectivity index (χ0) is 15.4. The summed E-state index contributed by atoms with van der Waals surface area (Å²) in [5.41, 5.74) is 7.46. The predicted octanol–water partition coefficient (Wildman–Crippen LogP) is 1.11. The number of benzene rings is 1. The van der Waals surface area contributed by atoms with Crippen molar-refractivity contribution in [2.75, 3.05) is 32.0 Å². The van der Waals surface area contributed by atoms with E-state index < -0.39 is 0 Å². The number of hydrogen-bond acceptors (Lipinski definition) is 4. The molecular weight excluding hydrogens is 264 g/mol. The molecule has 2 rings (SSSR count). The van der Waals surface area contributed by atoms with Crippen LogP contribution in [0.15, 0.2) is 24.3 Å². The molecule has 1 aromatic rings. The van der Waals surface area contributed by atoms with Gasteiger partial charge in [0, 0.05) is 37.9 Å². The number of carbonyl (C=O) groups is 1. The van der Waals surface area contributed by atoms with Crippen LogP contribution in [0.4, 0.5) is 5.69 Å². The van der Waals surface area contributed by atoms with Crippen molar-refractivity contribution in [1.82, 2.24) is 9.80 Å². The minimum Gasteiger partial charge on any atom is -0.326 e. The molecule has 1 aliphatic heterocycles. The largest absolute Gasteiger partial charge is 0.326 e. The first-order valence-electron chi connectivity index (χ1n) is 7.55. The number of rotatable bonds is 4. The average Bonchev–Trinajstić information content (AvgIpc) is 2.47. The van der Waals surface area contributed by atoms with Crippen LogP contribution >= 0.6 is 0 Å². The number of anilines is 1. The van der Waals surface area contributed by atoms with Gasteiger partial charge in [0.05, 0.1) is 6.04 Å². The Bertz CT molecular complexity index is 474. The zero-order valence-electron chi connectivity index (χ0n) is 13.2. The van der Waals surface area contributed by atoms with Crippen LogP contribution < -0.4 is 11.1 Å². The molecule has 1 aromatic carbocycles. The third kappa shape index (κ3) is 4.03. The van der Waals surface area contributed by atoms with Crippen molar-refractivity contribution in [2.45, 2.75) is 32.5 Å². The number of nitrogens with one attached hydrogen (secondary N) is 1. The van der Waals surface area contributed by atoms with Crippen LogP contribution in [0.1, 0.15) is 19.4 Å². The van der Waals surface area contributed by atoms with Crippen molar-refractivity contribution in [2.24, 2.45) is 5.73 Å². The maximum absolute atomic E-state index is 12.4. The summed E-state index contributed by atoms with van der Waals surface area (Å²) in [7, 11) is 2.12. The molecule has 2 atom stereocenters. The van der Waals surface area contributed by atoms with Gasteiger partial charge in [-0.2, -0.15) is 0 Å². The van der Waals surface area contributed by atoms with E-state index in [-0.39, 0.29) is 11.9 Å². The Morgan fingerprint density at radius 3 is 2.62 bits per heavy atom. The summed E-state index contributed by atoms with van der Waals surface area (Å²) in [6.07, 6.45) is 0. The van der Waals surface area contributed by atoms with Crippen LogP contribution in [0.2, 0.25) is 0 Å². The summed E-state index contributed by atoms with van der Waals surface area (Å²) < 4.78 is 0. The van der Waals surface area contributed by atoms with E-state index in [0.29, 0.717) is 12.6 Å². The lowest BCUT2D eigenvalue weighted by Gasteiger charge is -2.41. The lowest BCUT2D eigenvalue weighted by molar-refractivity contribution is -0.122. The summed E-state index contributed by atoms with van der Waals surface area (Å²) >= 11 is 0. The summed E-state index contributed by atoms with van der Waals surface area (Å²) in [6.45, 7) is 7.61. The zero-order valence-corrected chi connectivity index (χ0v) is 13.2. The number of nitrogens with two attached hydrogens (primary N) is 1. The Labute approximate surface area is 127 Å². The van der Waals surface area contributed by atoms with Gasteiger partial charge in [0.25, 0.3) is 0 Å². The number of likely N-dealkylation sites (N-methyl/N-ethyl adjacent to an activating group) is 1. The van der Waals surface area contributed by atoms with E-state index >= 15 is 0 Å². The minimum absolute atomic E-state index is 0.0481. The molecule has 0 spiro atoms. The van der Waals surface area contributed by atoms with Gasteiger partial charge >= 0.3 is 0 Å². The Morgan fingerprint density at radius 1 is 1.38 bits per heavy atom. The monoisotopic (exact) mass is 290 g/mol. The van der Waals surface area contributed by atoms with Crippen molar-refractivity contribution >= 4 is 11.6 Å². The van der Waals surface area contributed by atoms with Crippen molar-refractivity contribution in [1.29, 1.82) is 0 Å². The molecule has 3 N–H and O–H groups in total. The van der Waals surface area contributed by atoms with Gasteiger partial charge in [-0.25, -0.2) is 0 Å². The van der Waals surface area contributed by atoms with Crippen LogP contribution in [-0.2, 0) is 11.3 Å². The van der Waals surface area contributed by atoms with Gasteiger partial charge in [0.15, 0.2) is 0 Å². The number of nitrogens with zero attached hydrogens (tertiary/aromatic N) is 2. The smallest absolute Gasteiger partial charge is 0.241 e. The maximum Gasteiger partial charge on any atom is 0.241 e. The first kappa shape index (κ1) is 15.9. The quantitative estimate of drug-likeness (QED) is 0.872. The number of amides is 1. The van der Waals surface area contributed by atoms with Crippen molar-refractivity contribution in [3.63, 3.8) is 0 Å². The molecule has 5 heteroatoms. The van der Waals surface area contributed by atoms with Gasteiger partial charge in [0.1, 0.15) is 0 Å². The van der Waals surface area contributed by atoms with Crippen molar-refractivity contribution in [3.05, 3.63) is 29.8 Å². The van der Waals surface area contributed by atoms with Crippen LogP contribution in [0, 0.1) is 0 Å². The fourth-order valence-corrected chi connectivity index (χ4v) is 2.85. The molecule has 1 heterocycles. The van der Waals surface area contributed by atoms with Crippen LogP contribution in [0.25, 0.3) is 0 Å². The van der Waals surface area contributed by atoms with Gasteiger partial charge < -0.3 is 16.0 Å². The summed E-state index contributed by atoms with van der Waals surface area (Å²) in [4.78, 5) is 17.0. The highest BCUT2D eigenvalue weighted by Gasteiger charge is 2.29. The number of hydrogen-bond donors (Lipinski definition) is 2. The van der Waals surface area contributed by atoms with Gasteiger partial charge in [-0.05, 0) is 38.6 Å². The normalized spacial score (nSPS) is 22.0. The molecule has 1 saturated heterocycles. The highest BCUT2D eigenvalue weighted by Crippen LogP contribution is 2.15. The molecule has 0 bridgehead atoms. The molecule has 1 fully saturated rings. The van der Waals surface area contributed by atoms with E-state index in [2.05, 4.69) is 29.1 Å². The van der Waals surface area contributed by atoms with Crippen LogP contribution in [0.3, 0.4) is 0 Å². The third-order valence-corrected chi connectivity index (χ3v) is 4.22. The number of carbonyl (C=O) groups excluding carboxylic acids is 1. The molecule has 2 unspecified atom stereocenters. The Balaban J connectivity index is 1.95. The van der Waals surface area contributed by atoms with Crippen LogP contribution in [0.5, 0.6) is 0 Å². The Morgan fingerprint density at radius 2 is 2.05 bits per heavy atom. The topological polar surface area (TPSA) is 61.6 Å². The predicted molar refractivity (Wildman–Crippen MR) is 86.1 cm³/mol. The van der Waals surface area contributed by atoms with E-state index in [9.17, 15) is 4.79 Å². The van der Waals surface area contributed by atoms with Gasteiger partial charge in [0.2, 0.25) is 5.91 Å². The Kier molecular flexibility index (Phi) is 5.33. The molecule has 1 amide bonds. The van der Waals surface area contributed by atoms with Gasteiger partial charge in [-0.15, -0.1) is 0 Å². The average molecular weight is 290 g/mol. The molecule has 0 aliphatic carbocycles. The summed E-state index contributed by atoms with van der Waals surface area (Å²) in [6, 6.07) is 7.96. The molecule has 5 nitrogen and oxygen atoms in total. The van der Waals surface area contributed by atoms with E-state index in [1.807, 2.05) is 31.2 Å². The second kappa shape index (κ2) is 7.02.